The molecule has 7 heteroatoms. The average Bonchev–Trinajstić information content (AvgIpc) is 3.51. The minimum absolute atomic E-state index is 0.00317. The molecule has 30 heavy (non-hydrogen) atoms. The van der Waals surface area contributed by atoms with Gasteiger partial charge in [-0.2, -0.15) is 0 Å². The van der Waals surface area contributed by atoms with Gasteiger partial charge in [0.2, 0.25) is 5.91 Å². The number of amides is 1. The van der Waals surface area contributed by atoms with Crippen molar-refractivity contribution in [3.05, 3.63) is 57.8 Å². The van der Waals surface area contributed by atoms with Crippen LogP contribution < -0.4 is 5.32 Å². The van der Waals surface area contributed by atoms with Crippen LogP contribution in [0.25, 0.3) is 0 Å². The van der Waals surface area contributed by atoms with Crippen molar-refractivity contribution in [2.45, 2.75) is 45.6 Å². The molecule has 0 bridgehead atoms. The number of fused-ring (bicyclic) bond motifs is 1. The van der Waals surface area contributed by atoms with Gasteiger partial charge in [0, 0.05) is 12.2 Å². The number of hydrogen-bond acceptors (Lipinski definition) is 6. The van der Waals surface area contributed by atoms with Gasteiger partial charge in [0.05, 0.1) is 30.8 Å². The van der Waals surface area contributed by atoms with Crippen LogP contribution >= 0.6 is 11.8 Å². The van der Waals surface area contributed by atoms with Gasteiger partial charge < -0.3 is 15.0 Å². The first-order valence-electron chi connectivity index (χ1n) is 10.4. The second kappa shape index (κ2) is 8.68. The number of allylic oxidation sites excluding steroid dienone is 1. The van der Waals surface area contributed by atoms with Gasteiger partial charge in [-0.1, -0.05) is 43.0 Å². The molecule has 4 rings (SSSR count). The van der Waals surface area contributed by atoms with E-state index in [9.17, 15) is 9.59 Å². The molecule has 1 amide bonds. The Morgan fingerprint density at radius 3 is 2.73 bits per heavy atom. The predicted octanol–water partition coefficient (Wildman–Crippen LogP) is 4.05. The Labute approximate surface area is 181 Å². The van der Waals surface area contributed by atoms with Crippen LogP contribution in [0.5, 0.6) is 0 Å². The zero-order valence-electron chi connectivity index (χ0n) is 17.6. The van der Waals surface area contributed by atoms with E-state index in [1.165, 1.54) is 31.7 Å². The normalized spacial score (nSPS) is 20.5. The van der Waals surface area contributed by atoms with Crippen molar-refractivity contribution in [3.8, 4) is 0 Å². The maximum atomic E-state index is 12.9. The number of carbonyl (C=O) groups is 2. The van der Waals surface area contributed by atoms with E-state index in [1.54, 1.807) is 0 Å². The molecule has 3 aliphatic rings. The highest BCUT2D eigenvalue weighted by Gasteiger charge is 2.41. The fourth-order valence-corrected chi connectivity index (χ4v) is 4.84. The Kier molecular flexibility index (Phi) is 5.99. The third kappa shape index (κ3) is 4.03. The molecule has 1 N–H and O–H groups in total. The quantitative estimate of drug-likeness (QED) is 0.668. The van der Waals surface area contributed by atoms with Gasteiger partial charge in [0.1, 0.15) is 0 Å². The number of nitrogens with zero attached hydrogens (tertiary/aromatic N) is 2. The minimum atomic E-state index is -0.377. The Hall–Kier alpha value is -2.54. The molecule has 6 nitrogen and oxygen atoms in total. The molecule has 1 aromatic carbocycles. The summed E-state index contributed by atoms with van der Waals surface area (Å²) in [6.07, 6.45) is 3.29. The summed E-state index contributed by atoms with van der Waals surface area (Å²) in [5, 5.41) is 5.82. The van der Waals surface area contributed by atoms with Crippen LogP contribution in [0.1, 0.15) is 49.8 Å². The first kappa shape index (κ1) is 20.7. The van der Waals surface area contributed by atoms with Crippen molar-refractivity contribution < 1.29 is 14.3 Å². The van der Waals surface area contributed by atoms with E-state index in [4.69, 9.17) is 9.73 Å². The Balaban J connectivity index is 1.70. The molecule has 0 unspecified atom stereocenters. The molecule has 0 spiro atoms. The molecule has 1 aliphatic carbocycles. The van der Waals surface area contributed by atoms with Gasteiger partial charge in [-0.15, -0.1) is 0 Å². The summed E-state index contributed by atoms with van der Waals surface area (Å²) < 4.78 is 5.15. The van der Waals surface area contributed by atoms with Crippen molar-refractivity contribution in [1.82, 2.24) is 10.2 Å². The molecule has 1 fully saturated rings. The summed E-state index contributed by atoms with van der Waals surface area (Å²) >= 11 is 1.51. The highest BCUT2D eigenvalue weighted by atomic mass is 32.2. The number of carbonyl (C=O) groups excluding carboxylic acids is 2. The second-order valence-corrected chi connectivity index (χ2v) is 8.72. The Morgan fingerprint density at radius 2 is 2.07 bits per heavy atom. The van der Waals surface area contributed by atoms with Crippen LogP contribution in [0.2, 0.25) is 0 Å². The summed E-state index contributed by atoms with van der Waals surface area (Å²) in [4.78, 5) is 32.2. The lowest BCUT2D eigenvalue weighted by Crippen LogP contribution is -2.38. The van der Waals surface area contributed by atoms with E-state index in [1.807, 2.05) is 48.4 Å². The summed E-state index contributed by atoms with van der Waals surface area (Å²) in [5.41, 5.74) is 4.24. The molecule has 158 valence electrons. The summed E-state index contributed by atoms with van der Waals surface area (Å²) in [6, 6.07) is 7.67. The SMILES string of the molecule is CCC1=C(C(=O)OC)[C@@H](c2ccccc2C)N2C(CC(=O)NCC3CC3)=CSC2=N1. The smallest absolute Gasteiger partial charge is 0.338 e. The largest absolute Gasteiger partial charge is 0.466 e. The summed E-state index contributed by atoms with van der Waals surface area (Å²) in [7, 11) is 1.40. The van der Waals surface area contributed by atoms with Gasteiger partial charge in [0.15, 0.2) is 5.17 Å². The number of rotatable bonds is 7. The van der Waals surface area contributed by atoms with Gasteiger partial charge in [-0.05, 0) is 48.6 Å². The number of aryl methyl sites for hydroxylation is 1. The van der Waals surface area contributed by atoms with Crippen LogP contribution in [0.4, 0.5) is 0 Å². The number of hydrogen-bond donors (Lipinski definition) is 1. The number of esters is 1. The molecule has 1 aromatic rings. The van der Waals surface area contributed by atoms with Gasteiger partial charge in [0.25, 0.3) is 0 Å². The molecule has 2 aliphatic heterocycles. The van der Waals surface area contributed by atoms with Crippen LogP contribution in [-0.4, -0.2) is 35.6 Å². The van der Waals surface area contributed by atoms with E-state index >= 15 is 0 Å². The van der Waals surface area contributed by atoms with Gasteiger partial charge >= 0.3 is 5.97 Å². The van der Waals surface area contributed by atoms with Crippen LogP contribution in [0, 0.1) is 12.8 Å². The molecule has 0 saturated heterocycles. The number of thioether (sulfide) groups is 1. The summed E-state index contributed by atoms with van der Waals surface area (Å²) in [6.45, 7) is 4.77. The lowest BCUT2D eigenvalue weighted by atomic mass is 9.90. The fraction of sp³-hybridized carbons (Fsp3) is 0.435. The zero-order valence-corrected chi connectivity index (χ0v) is 18.4. The number of methoxy groups -OCH3 is 1. The standard InChI is InChI=1S/C23H27N3O3S/c1-4-18-20(22(28)29-3)21(17-8-6-5-7-14(17)2)26-16(13-30-23(26)25-18)11-19(27)24-12-15-9-10-15/h5-8,13,15,21H,4,9-12H2,1-3H3,(H,24,27)/t21-/m1/s1. The molecule has 2 heterocycles. The van der Waals surface area contributed by atoms with E-state index in [-0.39, 0.29) is 24.3 Å². The van der Waals surface area contributed by atoms with Crippen molar-refractivity contribution in [3.63, 3.8) is 0 Å². The second-order valence-electron chi connectivity index (χ2n) is 7.88. The van der Waals surface area contributed by atoms with Crippen molar-refractivity contribution >= 4 is 28.8 Å². The fourth-order valence-electron chi connectivity index (χ4n) is 3.91. The highest BCUT2D eigenvalue weighted by Crippen LogP contribution is 2.46. The number of aliphatic imine (C=N–C) groups is 1. The average molecular weight is 426 g/mol. The zero-order chi connectivity index (χ0) is 21.3. The van der Waals surface area contributed by atoms with E-state index in [0.29, 0.717) is 17.9 Å². The highest BCUT2D eigenvalue weighted by molar-refractivity contribution is 8.16. The van der Waals surface area contributed by atoms with Crippen LogP contribution in [0.15, 0.2) is 51.6 Å². The maximum Gasteiger partial charge on any atom is 0.338 e. The third-order valence-corrected chi connectivity index (χ3v) is 6.63. The Morgan fingerprint density at radius 1 is 1.30 bits per heavy atom. The number of benzene rings is 1. The topological polar surface area (TPSA) is 71.0 Å². The van der Waals surface area contributed by atoms with Crippen molar-refractivity contribution in [2.75, 3.05) is 13.7 Å². The van der Waals surface area contributed by atoms with E-state index < -0.39 is 0 Å². The maximum absolute atomic E-state index is 12.9. The number of amidine groups is 1. The van der Waals surface area contributed by atoms with E-state index in [2.05, 4.69) is 5.32 Å². The predicted molar refractivity (Wildman–Crippen MR) is 119 cm³/mol. The first-order valence-corrected chi connectivity index (χ1v) is 11.3. The molecule has 0 aromatic heterocycles. The van der Waals surface area contributed by atoms with Crippen LogP contribution in [0.3, 0.4) is 0 Å². The lowest BCUT2D eigenvalue weighted by molar-refractivity contribution is -0.136. The minimum Gasteiger partial charge on any atom is -0.466 e. The Bertz CT molecular complexity index is 962. The molecular weight excluding hydrogens is 398 g/mol. The number of nitrogens with one attached hydrogen (secondary N) is 1. The molecule has 1 saturated carbocycles. The van der Waals surface area contributed by atoms with Crippen molar-refractivity contribution in [2.24, 2.45) is 10.9 Å². The van der Waals surface area contributed by atoms with E-state index in [0.717, 1.165) is 34.2 Å². The number of ether oxygens (including phenoxy) is 1. The molecule has 1 atom stereocenters. The lowest BCUT2D eigenvalue weighted by Gasteiger charge is -2.37. The van der Waals surface area contributed by atoms with Gasteiger partial charge in [-0.3, -0.25) is 4.79 Å². The first-order chi connectivity index (χ1) is 14.5. The molecule has 0 radical (unpaired) electrons. The van der Waals surface area contributed by atoms with Crippen molar-refractivity contribution in [1.29, 1.82) is 0 Å². The molecular formula is C23H27N3O3S. The van der Waals surface area contributed by atoms with Crippen LogP contribution in [-0.2, 0) is 14.3 Å². The third-order valence-electron chi connectivity index (χ3n) is 5.74. The monoisotopic (exact) mass is 425 g/mol. The summed E-state index contributed by atoms with van der Waals surface area (Å²) in [5.74, 6) is 0.259. The van der Waals surface area contributed by atoms with Gasteiger partial charge in [-0.25, -0.2) is 9.79 Å².